The maximum atomic E-state index is 12.6. The van der Waals surface area contributed by atoms with Gasteiger partial charge in [0.25, 0.3) is 0 Å². The van der Waals surface area contributed by atoms with E-state index in [9.17, 15) is 4.79 Å². The van der Waals surface area contributed by atoms with Crippen LogP contribution in [0.1, 0.15) is 16.7 Å². The summed E-state index contributed by atoms with van der Waals surface area (Å²) in [5.41, 5.74) is 3.92. The number of halogens is 1. The predicted molar refractivity (Wildman–Crippen MR) is 106 cm³/mol. The average molecular weight is 398 g/mol. The quantitative estimate of drug-likeness (QED) is 0.638. The van der Waals surface area contributed by atoms with Crippen molar-refractivity contribution in [2.75, 3.05) is 12.4 Å². The number of rotatable bonds is 4. The Morgan fingerprint density at radius 2 is 1.88 bits per heavy atom. The molecule has 0 bridgehead atoms. The minimum Gasteiger partial charge on any atom is -0.496 e. The molecule has 25 heavy (non-hydrogen) atoms. The van der Waals surface area contributed by atoms with Crippen molar-refractivity contribution >= 4 is 38.3 Å². The SMILES string of the molecule is COc1ccc2cc(Br)ccc2c1CC(=O)Nc1cc(C)ccc1C. The molecular weight excluding hydrogens is 378 g/mol. The zero-order valence-corrected chi connectivity index (χ0v) is 16.1. The van der Waals surface area contributed by atoms with Crippen molar-refractivity contribution in [3.05, 3.63) is 69.7 Å². The first kappa shape index (κ1) is 17.5. The van der Waals surface area contributed by atoms with Crippen molar-refractivity contribution in [3.8, 4) is 5.75 Å². The number of ether oxygens (including phenoxy) is 1. The number of fused-ring (bicyclic) bond motifs is 1. The Morgan fingerprint density at radius 3 is 2.64 bits per heavy atom. The van der Waals surface area contributed by atoms with E-state index in [2.05, 4.69) is 21.2 Å². The molecule has 3 aromatic carbocycles. The molecule has 4 heteroatoms. The van der Waals surface area contributed by atoms with E-state index < -0.39 is 0 Å². The Morgan fingerprint density at radius 1 is 1.08 bits per heavy atom. The Labute approximate surface area is 156 Å². The molecule has 1 amide bonds. The van der Waals surface area contributed by atoms with Crippen molar-refractivity contribution in [3.63, 3.8) is 0 Å². The molecule has 3 aromatic rings. The van der Waals surface area contributed by atoms with Crippen LogP contribution in [0.25, 0.3) is 10.8 Å². The predicted octanol–water partition coefficient (Wildman–Crippen LogP) is 5.41. The number of methoxy groups -OCH3 is 1. The van der Waals surface area contributed by atoms with Gasteiger partial charge in [-0.1, -0.05) is 40.2 Å². The summed E-state index contributed by atoms with van der Waals surface area (Å²) in [6, 6.07) is 16.0. The second-order valence-corrected chi connectivity index (χ2v) is 7.07. The van der Waals surface area contributed by atoms with Crippen molar-refractivity contribution in [2.24, 2.45) is 0 Å². The lowest BCUT2D eigenvalue weighted by Gasteiger charge is -2.14. The molecule has 0 unspecified atom stereocenters. The highest BCUT2D eigenvalue weighted by Gasteiger charge is 2.14. The van der Waals surface area contributed by atoms with E-state index in [1.165, 1.54) is 0 Å². The molecule has 0 fully saturated rings. The first-order chi connectivity index (χ1) is 12.0. The number of nitrogens with one attached hydrogen (secondary N) is 1. The van der Waals surface area contributed by atoms with Crippen molar-refractivity contribution < 1.29 is 9.53 Å². The summed E-state index contributed by atoms with van der Waals surface area (Å²) in [6.45, 7) is 4.01. The third-order valence-corrected chi connectivity index (χ3v) is 4.77. The standard InChI is InChI=1S/C21H20BrNO2/c1-13-4-5-14(2)19(10-13)23-21(24)12-18-17-8-7-16(22)11-15(17)6-9-20(18)25-3/h4-11H,12H2,1-3H3,(H,23,24). The molecule has 0 radical (unpaired) electrons. The zero-order valence-electron chi connectivity index (χ0n) is 14.5. The average Bonchev–Trinajstić information content (AvgIpc) is 2.58. The highest BCUT2D eigenvalue weighted by molar-refractivity contribution is 9.10. The summed E-state index contributed by atoms with van der Waals surface area (Å²) in [6.07, 6.45) is 0.259. The monoisotopic (exact) mass is 397 g/mol. The molecule has 0 aliphatic heterocycles. The van der Waals surface area contributed by atoms with Crippen LogP contribution in [-0.2, 0) is 11.2 Å². The normalized spacial score (nSPS) is 10.7. The molecule has 0 atom stereocenters. The van der Waals surface area contributed by atoms with Crippen LogP contribution in [0.5, 0.6) is 5.75 Å². The number of anilines is 1. The molecular formula is C21H20BrNO2. The molecule has 0 heterocycles. The van der Waals surface area contributed by atoms with Gasteiger partial charge in [-0.05, 0) is 60.0 Å². The minimum absolute atomic E-state index is 0.0533. The van der Waals surface area contributed by atoms with Gasteiger partial charge >= 0.3 is 0 Å². The van der Waals surface area contributed by atoms with Gasteiger partial charge in [0.1, 0.15) is 5.75 Å². The van der Waals surface area contributed by atoms with Crippen LogP contribution in [0.15, 0.2) is 53.0 Å². The highest BCUT2D eigenvalue weighted by Crippen LogP contribution is 2.30. The number of benzene rings is 3. The lowest BCUT2D eigenvalue weighted by Crippen LogP contribution is -2.16. The molecule has 0 saturated heterocycles. The smallest absolute Gasteiger partial charge is 0.228 e. The fourth-order valence-electron chi connectivity index (χ4n) is 2.94. The van der Waals surface area contributed by atoms with Crippen LogP contribution in [0.4, 0.5) is 5.69 Å². The molecule has 0 saturated carbocycles. The Hall–Kier alpha value is -2.33. The summed E-state index contributed by atoms with van der Waals surface area (Å²) in [7, 11) is 1.63. The van der Waals surface area contributed by atoms with Gasteiger partial charge in [-0.15, -0.1) is 0 Å². The maximum absolute atomic E-state index is 12.6. The van der Waals surface area contributed by atoms with Gasteiger partial charge in [-0.25, -0.2) is 0 Å². The Bertz CT molecular complexity index is 950. The number of carbonyl (C=O) groups excluding carboxylic acids is 1. The minimum atomic E-state index is -0.0533. The first-order valence-electron chi connectivity index (χ1n) is 8.10. The fraction of sp³-hybridized carbons (Fsp3) is 0.190. The van der Waals surface area contributed by atoms with E-state index in [1.807, 2.05) is 62.4 Å². The van der Waals surface area contributed by atoms with E-state index in [4.69, 9.17) is 4.74 Å². The van der Waals surface area contributed by atoms with Crippen LogP contribution in [0.3, 0.4) is 0 Å². The van der Waals surface area contributed by atoms with Gasteiger partial charge < -0.3 is 10.1 Å². The van der Waals surface area contributed by atoms with Gasteiger partial charge in [-0.2, -0.15) is 0 Å². The number of aryl methyl sites for hydroxylation is 2. The van der Waals surface area contributed by atoms with Gasteiger partial charge in [0.15, 0.2) is 0 Å². The van der Waals surface area contributed by atoms with E-state index in [0.29, 0.717) is 0 Å². The molecule has 0 aliphatic carbocycles. The molecule has 0 aliphatic rings. The van der Waals surface area contributed by atoms with E-state index in [0.717, 1.165) is 43.4 Å². The lowest BCUT2D eigenvalue weighted by atomic mass is 10.0. The number of hydrogen-bond acceptors (Lipinski definition) is 2. The maximum Gasteiger partial charge on any atom is 0.228 e. The largest absolute Gasteiger partial charge is 0.496 e. The number of hydrogen-bond donors (Lipinski definition) is 1. The third-order valence-electron chi connectivity index (χ3n) is 4.27. The van der Waals surface area contributed by atoms with Gasteiger partial charge in [0, 0.05) is 15.7 Å². The highest BCUT2D eigenvalue weighted by atomic mass is 79.9. The molecule has 3 rings (SSSR count). The second-order valence-electron chi connectivity index (χ2n) is 6.16. The van der Waals surface area contributed by atoms with Gasteiger partial charge in [0.05, 0.1) is 13.5 Å². The lowest BCUT2D eigenvalue weighted by molar-refractivity contribution is -0.115. The zero-order chi connectivity index (χ0) is 18.0. The molecule has 128 valence electrons. The summed E-state index contributed by atoms with van der Waals surface area (Å²) in [5.74, 6) is 0.674. The molecule has 3 nitrogen and oxygen atoms in total. The number of carbonyl (C=O) groups is 1. The van der Waals surface area contributed by atoms with Crippen molar-refractivity contribution in [2.45, 2.75) is 20.3 Å². The van der Waals surface area contributed by atoms with Crippen molar-refractivity contribution in [1.82, 2.24) is 0 Å². The Balaban J connectivity index is 1.93. The second kappa shape index (κ2) is 7.28. The summed E-state index contributed by atoms with van der Waals surface area (Å²) in [5, 5.41) is 5.12. The van der Waals surface area contributed by atoms with Gasteiger partial charge in [0.2, 0.25) is 5.91 Å². The fourth-order valence-corrected chi connectivity index (χ4v) is 3.32. The summed E-state index contributed by atoms with van der Waals surface area (Å²) < 4.78 is 6.50. The van der Waals surface area contributed by atoms with Gasteiger partial charge in [-0.3, -0.25) is 4.79 Å². The van der Waals surface area contributed by atoms with Crippen LogP contribution >= 0.6 is 15.9 Å². The summed E-state index contributed by atoms with van der Waals surface area (Å²) in [4.78, 5) is 12.6. The van der Waals surface area contributed by atoms with Crippen molar-refractivity contribution in [1.29, 1.82) is 0 Å². The van der Waals surface area contributed by atoms with Crippen LogP contribution < -0.4 is 10.1 Å². The van der Waals surface area contributed by atoms with E-state index >= 15 is 0 Å². The molecule has 0 aromatic heterocycles. The third kappa shape index (κ3) is 3.85. The van der Waals surface area contributed by atoms with Crippen LogP contribution in [-0.4, -0.2) is 13.0 Å². The topological polar surface area (TPSA) is 38.3 Å². The first-order valence-corrected chi connectivity index (χ1v) is 8.89. The molecule has 0 spiro atoms. The molecule has 1 N–H and O–H groups in total. The van der Waals surface area contributed by atoms with Crippen LogP contribution in [0.2, 0.25) is 0 Å². The summed E-state index contributed by atoms with van der Waals surface area (Å²) >= 11 is 3.49. The van der Waals surface area contributed by atoms with E-state index in [-0.39, 0.29) is 12.3 Å². The van der Waals surface area contributed by atoms with Crippen LogP contribution in [0, 0.1) is 13.8 Å². The number of amides is 1. The Kier molecular flexibility index (Phi) is 5.09. The van der Waals surface area contributed by atoms with E-state index in [1.54, 1.807) is 7.11 Å².